The number of isocyanates is 2. The normalized spacial score (nSPS) is 23.8. The molecular weight excluding hydrogens is 1600 g/mol. The van der Waals surface area contributed by atoms with Crippen molar-refractivity contribution < 1.29 is 106 Å². The Morgan fingerprint density at radius 2 is 0.774 bits per heavy atom. The molecule has 12 unspecified atom stereocenters. The number of aliphatic imine (C=N–C) groups is 2. The maximum Gasteiger partial charge on any atom is 0.411 e. The summed E-state index contributed by atoms with van der Waals surface area (Å²) in [6.07, 6.45) is 7.03. The fourth-order valence-corrected chi connectivity index (χ4v) is 15.3. The Morgan fingerprint density at radius 3 is 1.06 bits per heavy atom. The van der Waals surface area contributed by atoms with Crippen molar-refractivity contribution in [1.82, 2.24) is 31.1 Å². The number of Topliss-reactive ketones (excluding diaryl/α,β-unsaturated/α-hetero) is 3. The topological polar surface area (TPSA) is 411 Å². The average Bonchev–Trinajstić information content (AvgIpc) is 0.750. The van der Waals surface area contributed by atoms with Crippen LogP contribution in [0.4, 0.5) is 32.3 Å². The number of anilines is 2. The first kappa shape index (κ1) is 109. The highest BCUT2D eigenvalue weighted by atomic mass is 16.7. The third-order valence-electron chi connectivity index (χ3n) is 25.4. The predicted molar refractivity (Wildman–Crippen MR) is 471 cm³/mol. The molecule has 5 amide bonds. The first-order chi connectivity index (χ1) is 58.1. The van der Waals surface area contributed by atoms with Gasteiger partial charge in [0, 0.05) is 90.4 Å². The lowest BCUT2D eigenvalue weighted by Crippen LogP contribution is -2.67. The average molecular weight is 1750 g/mol. The fourth-order valence-electron chi connectivity index (χ4n) is 15.3. The second kappa shape index (κ2) is 50.0. The van der Waals surface area contributed by atoms with E-state index in [0.717, 1.165) is 31.2 Å². The van der Waals surface area contributed by atoms with Crippen LogP contribution in [0.25, 0.3) is 0 Å². The molecular formula is C92H148N10O22. The summed E-state index contributed by atoms with van der Waals surface area (Å²) in [5.74, 6) is -3.31. The molecule has 3 aliphatic rings. The Morgan fingerprint density at radius 1 is 0.460 bits per heavy atom. The molecule has 32 heteroatoms. The van der Waals surface area contributed by atoms with Gasteiger partial charge >= 0.3 is 30.1 Å². The summed E-state index contributed by atoms with van der Waals surface area (Å²) < 4.78 is 27.5. The van der Waals surface area contributed by atoms with Crippen molar-refractivity contribution in [3.63, 3.8) is 0 Å². The number of nitrogens with zero attached hydrogens (tertiary/aromatic N) is 5. The molecule has 0 radical (unpaired) electrons. The van der Waals surface area contributed by atoms with Crippen LogP contribution in [0.1, 0.15) is 287 Å². The zero-order chi connectivity index (χ0) is 94.0. The summed E-state index contributed by atoms with van der Waals surface area (Å²) in [4.78, 5) is 192. The maximum absolute atomic E-state index is 13.7. The van der Waals surface area contributed by atoms with Gasteiger partial charge in [-0.05, 0) is 142 Å². The Hall–Kier alpha value is -8.71. The van der Waals surface area contributed by atoms with E-state index >= 15 is 0 Å². The van der Waals surface area contributed by atoms with E-state index in [4.69, 9.17) is 43.3 Å². The molecule has 698 valence electrons. The second-order valence-electron chi connectivity index (χ2n) is 36.2. The maximum atomic E-state index is 13.7. The van der Waals surface area contributed by atoms with E-state index in [1.807, 2.05) is 140 Å². The number of esters is 3. The molecule has 0 aliphatic carbocycles. The van der Waals surface area contributed by atoms with Crippen LogP contribution in [0.15, 0.2) is 52.4 Å². The standard InChI is InChI=1S/C58H96N6O14.C25H46N2O6.C9H6N2O2/c1-17-23-30-73-47(67)45(77-63-55(13,19-3)35-43(65)39(7)57(63,15)21-5)37-53(9,10)49(69)59-28-32-75-51(71)61-41-26-25-27-42(34-41)62-52(72)76-33-29-60-50(70)54(11,12)38-46(48(68)74-31-24-18-2)78-64-56(14,20-4)36-44(66)40(8)58(64,16)22-6;1-9-12-15-32-21(30)20(17-23(5,6)22(31)26-13-14-28)33-27-24(7,10-2)16-19(29)18(4)25(27,8)11-3;1-7-2-3-8(10-5-12)4-9(7)11-6-13/h25-27,34,39-40,45-46H,17-24,28-33,35-38H2,1-16H3,(H,59,69)(H,60,70)(H,61,71)(H,62,72);18,20,28H,9-17H2,1-8H3,(H,26,31);2-4H,1H3. The minimum atomic E-state index is -1.15. The van der Waals surface area contributed by atoms with Gasteiger partial charge in [0.25, 0.3) is 0 Å². The van der Waals surface area contributed by atoms with Crippen LogP contribution in [0.5, 0.6) is 0 Å². The first-order valence-electron chi connectivity index (χ1n) is 44.3. The molecule has 3 heterocycles. The van der Waals surface area contributed by atoms with Gasteiger partial charge in [-0.15, -0.1) is 0 Å². The zero-order valence-electron chi connectivity index (χ0n) is 78.9. The highest BCUT2D eigenvalue weighted by molar-refractivity contribution is 5.90. The van der Waals surface area contributed by atoms with E-state index in [-0.39, 0.29) is 132 Å². The van der Waals surface area contributed by atoms with Crippen LogP contribution in [0.3, 0.4) is 0 Å². The number of benzene rings is 2. The Kier molecular flexibility index (Phi) is 44.1. The highest BCUT2D eigenvalue weighted by Crippen LogP contribution is 2.49. The number of ketones is 3. The van der Waals surface area contributed by atoms with Crippen molar-refractivity contribution in [3.05, 3.63) is 48.0 Å². The monoisotopic (exact) mass is 1750 g/mol. The van der Waals surface area contributed by atoms with Crippen LogP contribution in [-0.4, -0.2) is 208 Å². The van der Waals surface area contributed by atoms with Gasteiger partial charge in [-0.2, -0.15) is 25.2 Å². The summed E-state index contributed by atoms with van der Waals surface area (Å²) in [7, 11) is 0. The number of hydroxylamine groups is 6. The van der Waals surface area contributed by atoms with E-state index in [9.17, 15) is 62.3 Å². The summed E-state index contributed by atoms with van der Waals surface area (Å²) in [5.41, 5.74) is -4.94. The largest absolute Gasteiger partial charge is 0.464 e. The van der Waals surface area contributed by atoms with Crippen LogP contribution >= 0.6 is 0 Å². The lowest BCUT2D eigenvalue weighted by molar-refractivity contribution is -0.316. The minimum Gasteiger partial charge on any atom is -0.464 e. The SMILES string of the molecule is CCCCOC(=O)C(CC(C)(C)C(=O)NCCO)ON1C(C)(CC)CC(=O)C(C)C1(C)CC.CCCCOC(=O)C(CC(C)(C)C(=O)NCCOC(=O)Nc1cccc(NC(=O)OCCNC(=O)C(C)(C)CC(ON2C(C)(CC)CC(=O)C(C)C2(C)CC)C(=O)OCCCC)c1)ON1C(C)(CC)CC(=O)C(C)C1(C)CC.Cc1ccc(N=C=O)cc1N=C=O. The van der Waals surface area contributed by atoms with Crippen molar-refractivity contribution in [2.45, 2.75) is 340 Å². The van der Waals surface area contributed by atoms with Crippen LogP contribution in [0, 0.1) is 40.9 Å². The molecule has 124 heavy (non-hydrogen) atoms. The number of aliphatic hydroxyl groups is 1. The van der Waals surface area contributed by atoms with Crippen molar-refractivity contribution in [3.8, 4) is 0 Å². The number of hydrogen-bond donors (Lipinski definition) is 6. The Balaban J connectivity index is 0.000000699. The lowest BCUT2D eigenvalue weighted by Gasteiger charge is -2.56. The highest BCUT2D eigenvalue weighted by Gasteiger charge is 2.59. The lowest BCUT2D eigenvalue weighted by atomic mass is 9.70. The number of piperidine rings is 3. The van der Waals surface area contributed by atoms with E-state index in [1.165, 1.54) is 24.3 Å². The van der Waals surface area contributed by atoms with Gasteiger partial charge in [-0.1, -0.05) is 156 Å². The number of amides is 5. The minimum absolute atomic E-state index is 0.0316. The summed E-state index contributed by atoms with van der Waals surface area (Å²) in [6, 6.07) is 11.1. The van der Waals surface area contributed by atoms with Gasteiger partial charge in [0.15, 0.2) is 18.3 Å². The van der Waals surface area contributed by atoms with E-state index in [0.29, 0.717) is 80.5 Å². The van der Waals surface area contributed by atoms with Gasteiger partial charge in [0.1, 0.15) is 30.6 Å². The number of hydrogen-bond acceptors (Lipinski definition) is 27. The van der Waals surface area contributed by atoms with Gasteiger partial charge in [0.2, 0.25) is 29.9 Å². The molecule has 3 fully saturated rings. The number of aliphatic hydroxyl groups excluding tert-OH is 1. The Labute approximate surface area is 735 Å². The second-order valence-corrected chi connectivity index (χ2v) is 36.2. The molecule has 2 aromatic carbocycles. The van der Waals surface area contributed by atoms with Gasteiger partial charge < -0.3 is 44.7 Å². The number of nitrogens with one attached hydrogen (secondary N) is 5. The number of unbranched alkanes of at least 4 members (excludes halogenated alkanes) is 3. The summed E-state index contributed by atoms with van der Waals surface area (Å²) in [5, 5.41) is 28.0. The number of carbonyl (C=O) groups is 11. The molecule has 0 spiro atoms. The number of rotatable bonds is 45. The Bertz CT molecular complexity index is 3850. The third-order valence-corrected chi connectivity index (χ3v) is 25.4. The predicted octanol–water partition coefficient (Wildman–Crippen LogP) is 15.0. The first-order valence-corrected chi connectivity index (χ1v) is 44.3. The zero-order valence-corrected chi connectivity index (χ0v) is 78.9. The molecule has 12 atom stereocenters. The van der Waals surface area contributed by atoms with Crippen LogP contribution in [0.2, 0.25) is 0 Å². The van der Waals surface area contributed by atoms with E-state index in [1.54, 1.807) is 78.8 Å². The number of carbonyl (C=O) groups excluding carboxylic acids is 13. The summed E-state index contributed by atoms with van der Waals surface area (Å²) >= 11 is 0. The van der Waals surface area contributed by atoms with Crippen molar-refractivity contribution in [2.75, 3.05) is 69.9 Å². The van der Waals surface area contributed by atoms with Gasteiger partial charge in [-0.3, -0.25) is 53.9 Å². The summed E-state index contributed by atoms with van der Waals surface area (Å²) in [6.45, 7) is 47.7. The molecule has 0 aromatic heterocycles. The van der Waals surface area contributed by atoms with Crippen LogP contribution < -0.4 is 26.6 Å². The van der Waals surface area contributed by atoms with Gasteiger partial charge in [0.05, 0.1) is 84.1 Å². The molecule has 2 aromatic rings. The molecule has 0 bridgehead atoms. The third kappa shape index (κ3) is 30.3. The van der Waals surface area contributed by atoms with Crippen LogP contribution in [-0.2, 0) is 90.9 Å². The molecule has 32 nitrogen and oxygen atoms in total. The molecule has 6 N–H and O–H groups in total. The quantitative estimate of drug-likeness (QED) is 0.0118. The number of ether oxygens (including phenoxy) is 5. The van der Waals surface area contributed by atoms with Crippen molar-refractivity contribution in [2.24, 2.45) is 44.0 Å². The fraction of sp³-hybridized carbons (Fsp3) is 0.728. The number of aryl methyl sites for hydroxylation is 1. The van der Waals surface area contributed by atoms with Crippen molar-refractivity contribution in [1.29, 1.82) is 0 Å². The molecule has 0 saturated carbocycles. The van der Waals surface area contributed by atoms with E-state index in [2.05, 4.69) is 36.6 Å². The molecule has 5 rings (SSSR count). The van der Waals surface area contributed by atoms with Gasteiger partial charge in [-0.25, -0.2) is 33.6 Å². The smallest absolute Gasteiger partial charge is 0.411 e. The van der Waals surface area contributed by atoms with Crippen molar-refractivity contribution >= 4 is 100 Å². The molecule has 3 saturated heterocycles. The van der Waals surface area contributed by atoms with E-state index < -0.39 is 110 Å². The molecule has 3 aliphatic heterocycles.